The average Bonchev–Trinajstić information content (AvgIpc) is 3.29. The van der Waals surface area contributed by atoms with Crippen molar-refractivity contribution in [2.24, 2.45) is 0 Å². The number of carbonyl (C=O) groups excluding carboxylic acids is 5. The van der Waals surface area contributed by atoms with Gasteiger partial charge in [0.2, 0.25) is 0 Å². The molecule has 4 amide bonds. The Morgan fingerprint density at radius 2 is 1.06 bits per heavy atom. The highest BCUT2D eigenvalue weighted by Gasteiger charge is 2.32. The number of nitrogens with zero attached hydrogens (tertiary/aromatic N) is 5. The van der Waals surface area contributed by atoms with Gasteiger partial charge in [0.1, 0.15) is 13.2 Å². The van der Waals surface area contributed by atoms with Gasteiger partial charge in [-0.3, -0.25) is 19.5 Å². The quantitative estimate of drug-likeness (QED) is 0.185. The molecule has 0 saturated carbocycles. The van der Waals surface area contributed by atoms with Crippen molar-refractivity contribution in [3.05, 3.63) is 129 Å². The van der Waals surface area contributed by atoms with E-state index < -0.39 is 0 Å². The summed E-state index contributed by atoms with van der Waals surface area (Å²) in [6.07, 6.45) is 0. The molecular formula is C46H53Cl3N6O9. The molecule has 342 valence electrons. The number of carbonyl (C=O) groups is 5. The zero-order chi connectivity index (χ0) is 44.7. The summed E-state index contributed by atoms with van der Waals surface area (Å²) in [6.45, 7) is 8.94. The Bertz CT molecular complexity index is 2180. The highest BCUT2D eigenvalue weighted by atomic mass is 35.5. The fraction of sp³-hybridized carbons (Fsp3) is 0.370. The number of ketones is 1. The molecule has 64 heavy (non-hydrogen) atoms. The lowest BCUT2D eigenvalue weighted by Gasteiger charge is -2.43. The molecule has 4 aromatic rings. The van der Waals surface area contributed by atoms with Crippen LogP contribution in [0.15, 0.2) is 97.1 Å². The molecule has 18 heteroatoms. The molecule has 0 radical (unpaired) electrons. The Morgan fingerprint density at radius 1 is 0.641 bits per heavy atom. The third-order valence-corrected chi connectivity index (χ3v) is 11.2. The van der Waals surface area contributed by atoms with Crippen LogP contribution in [0.3, 0.4) is 0 Å². The summed E-state index contributed by atoms with van der Waals surface area (Å²) in [4.78, 5) is 69.3. The van der Waals surface area contributed by atoms with Crippen LogP contribution in [0.1, 0.15) is 31.8 Å². The molecule has 4 aromatic carbocycles. The van der Waals surface area contributed by atoms with Crippen molar-refractivity contribution in [2.75, 3.05) is 103 Å². The van der Waals surface area contributed by atoms with Gasteiger partial charge < -0.3 is 34.1 Å². The third-order valence-electron chi connectivity index (χ3n) is 10.8. The third kappa shape index (κ3) is 13.9. The summed E-state index contributed by atoms with van der Waals surface area (Å²) in [5.74, 6) is -0.556. The summed E-state index contributed by atoms with van der Waals surface area (Å²) in [5.41, 5.74) is 4.25. The lowest BCUT2D eigenvalue weighted by Crippen LogP contribution is -2.59. The smallest absolute Gasteiger partial charge is 0.337 e. The minimum absolute atomic E-state index is 0. The zero-order valence-corrected chi connectivity index (χ0v) is 38.1. The highest BCUT2D eigenvalue weighted by Crippen LogP contribution is 2.26. The molecule has 1 N–H and O–H groups in total. The van der Waals surface area contributed by atoms with Crippen molar-refractivity contribution in [3.8, 4) is 0 Å². The topological polar surface area (TPSA) is 150 Å². The Kier molecular flexibility index (Phi) is 19.2. The number of ether oxygens (including phenoxy) is 4. The maximum atomic E-state index is 13.5. The zero-order valence-electron chi connectivity index (χ0n) is 35.8. The van der Waals surface area contributed by atoms with E-state index in [0.29, 0.717) is 79.7 Å². The van der Waals surface area contributed by atoms with E-state index >= 15 is 0 Å². The Labute approximate surface area is 389 Å². The minimum Gasteiger partial charge on any atom is -0.465 e. The molecule has 15 nitrogen and oxygen atoms in total. The second-order valence-electron chi connectivity index (χ2n) is 15.1. The molecule has 0 atom stereocenters. The molecule has 0 aliphatic carbocycles. The molecule has 4 aliphatic heterocycles. The van der Waals surface area contributed by atoms with Crippen LogP contribution in [-0.4, -0.2) is 144 Å². The van der Waals surface area contributed by atoms with Gasteiger partial charge in [0.25, 0.3) is 0 Å². The van der Waals surface area contributed by atoms with Gasteiger partial charge in [0.05, 0.1) is 57.7 Å². The normalized spacial score (nSPS) is 15.9. The molecule has 4 heterocycles. The molecular weight excluding hydrogens is 887 g/mol. The first-order valence-corrected chi connectivity index (χ1v) is 21.4. The van der Waals surface area contributed by atoms with Crippen molar-refractivity contribution in [2.45, 2.75) is 19.1 Å². The monoisotopic (exact) mass is 938 g/mol. The van der Waals surface area contributed by atoms with Crippen LogP contribution in [0.5, 0.6) is 0 Å². The summed E-state index contributed by atoms with van der Waals surface area (Å²) in [6, 6.07) is 29.1. The number of piperazine rings is 2. The maximum absolute atomic E-state index is 13.5. The van der Waals surface area contributed by atoms with Gasteiger partial charge in [-0.05, 0) is 71.8 Å². The Hall–Kier alpha value is -5.26. The average molecular weight is 940 g/mol. The number of hydrogen-bond acceptors (Lipinski definition) is 11. The van der Waals surface area contributed by atoms with E-state index in [1.165, 1.54) is 14.2 Å². The number of nitrogens with one attached hydrogen (secondary N) is 1. The number of methoxy groups -OCH3 is 2. The molecule has 4 fully saturated rings. The van der Waals surface area contributed by atoms with E-state index in [4.69, 9.17) is 37.4 Å². The van der Waals surface area contributed by atoms with Gasteiger partial charge >= 0.3 is 24.0 Å². The van der Waals surface area contributed by atoms with E-state index in [-0.39, 0.29) is 42.2 Å². The lowest BCUT2D eigenvalue weighted by molar-refractivity contribution is -0.140. The number of anilines is 2. The van der Waals surface area contributed by atoms with E-state index in [9.17, 15) is 24.0 Å². The van der Waals surface area contributed by atoms with Crippen molar-refractivity contribution < 1.29 is 42.9 Å². The first-order valence-electron chi connectivity index (χ1n) is 20.6. The number of rotatable bonds is 9. The van der Waals surface area contributed by atoms with E-state index in [1.54, 1.807) is 58.3 Å². The van der Waals surface area contributed by atoms with E-state index in [0.717, 1.165) is 61.9 Å². The van der Waals surface area contributed by atoms with Gasteiger partial charge in [0.15, 0.2) is 5.78 Å². The number of hydrogen-bond donors (Lipinski definition) is 1. The number of esters is 2. The van der Waals surface area contributed by atoms with Crippen LogP contribution in [0.2, 0.25) is 10.0 Å². The molecule has 4 saturated heterocycles. The number of benzene rings is 4. The van der Waals surface area contributed by atoms with Crippen molar-refractivity contribution in [1.82, 2.24) is 20.0 Å². The second kappa shape index (κ2) is 24.7. The maximum Gasteiger partial charge on any atom is 0.337 e. The summed E-state index contributed by atoms with van der Waals surface area (Å²) >= 11 is 12.3. The first-order chi connectivity index (χ1) is 30.5. The molecule has 0 aromatic heterocycles. The van der Waals surface area contributed by atoms with Crippen molar-refractivity contribution in [3.63, 3.8) is 0 Å². The van der Waals surface area contributed by atoms with Gasteiger partial charge in [-0.25, -0.2) is 19.2 Å². The van der Waals surface area contributed by atoms with Gasteiger partial charge in [0, 0.05) is 73.8 Å². The van der Waals surface area contributed by atoms with Gasteiger partial charge in [-0.15, -0.1) is 12.4 Å². The second-order valence-corrected chi connectivity index (χ2v) is 15.9. The first kappa shape index (κ1) is 49.8. The predicted molar refractivity (Wildman–Crippen MR) is 247 cm³/mol. The largest absolute Gasteiger partial charge is 0.465 e. The van der Waals surface area contributed by atoms with Crippen molar-refractivity contribution >= 4 is 76.8 Å². The Balaban J connectivity index is 0.000000215. The predicted octanol–water partition coefficient (Wildman–Crippen LogP) is 6.44. The van der Waals surface area contributed by atoms with Gasteiger partial charge in [-0.2, -0.15) is 0 Å². The summed E-state index contributed by atoms with van der Waals surface area (Å²) in [7, 11) is 2.71. The highest BCUT2D eigenvalue weighted by molar-refractivity contribution is 6.31. The van der Waals surface area contributed by atoms with Crippen LogP contribution in [0.4, 0.5) is 21.0 Å². The standard InChI is InChI=1S/C23H26ClN3O4.C20H22ClN3O3.C3H4O2.ClH/c1-30-22(28)18-7-5-17(6-8-18)14-27(20-4-2-3-19(24)13-20)23(29)26-11-9-25(10-12-26)21-15-31-16-21;1-27-19(25)16-7-5-15(6-8-16)14-24(18-4-2-3-17(21)13-18)20(26)23-11-9-22-10-12-23;4-3-1-5-2-3;/h2-8,13,21H,9-12,14-16H2,1H3;2-8,13,22H,9-12,14H2,1H3;1-2H2;1H. The van der Waals surface area contributed by atoms with Crippen LogP contribution in [-0.2, 0) is 36.8 Å². The van der Waals surface area contributed by atoms with Crippen molar-refractivity contribution in [1.29, 1.82) is 0 Å². The molecule has 0 bridgehead atoms. The SMILES string of the molecule is COC(=O)c1ccc(CN(C(=O)N2CCN(C3COC3)CC2)c2cccc(Cl)c2)cc1.COC(=O)c1ccc(CN(C(=O)N2CCNCC2)c2cccc(Cl)c2)cc1.Cl.O=C1COC1. The molecule has 8 rings (SSSR count). The van der Waals surface area contributed by atoms with E-state index in [2.05, 4.69) is 15.0 Å². The Morgan fingerprint density at radius 3 is 1.41 bits per heavy atom. The minimum atomic E-state index is -0.385. The number of amides is 4. The van der Waals surface area contributed by atoms with Gasteiger partial charge in [-0.1, -0.05) is 59.6 Å². The fourth-order valence-corrected chi connectivity index (χ4v) is 7.38. The lowest BCUT2D eigenvalue weighted by atomic mass is 10.1. The van der Waals surface area contributed by atoms with Crippen LogP contribution in [0.25, 0.3) is 0 Å². The van der Waals surface area contributed by atoms with Crippen LogP contribution < -0.4 is 15.1 Å². The molecule has 4 aliphatic rings. The number of urea groups is 2. The molecule has 0 unspecified atom stereocenters. The number of halogens is 3. The number of Topliss-reactive ketones (excluding diaryl/α,β-unsaturated/α-hetero) is 1. The van der Waals surface area contributed by atoms with Crippen LogP contribution >= 0.6 is 35.6 Å². The summed E-state index contributed by atoms with van der Waals surface area (Å²) in [5, 5.41) is 4.40. The van der Waals surface area contributed by atoms with Crippen LogP contribution in [0, 0.1) is 0 Å². The van der Waals surface area contributed by atoms with E-state index in [1.807, 2.05) is 58.3 Å². The molecule has 0 spiro atoms. The summed E-state index contributed by atoms with van der Waals surface area (Å²) < 4.78 is 19.3. The fourth-order valence-electron chi connectivity index (χ4n) is 7.02.